The van der Waals surface area contributed by atoms with Gasteiger partial charge in [-0.15, -0.1) is 11.3 Å². The van der Waals surface area contributed by atoms with Gasteiger partial charge in [-0.25, -0.2) is 22.5 Å². The van der Waals surface area contributed by atoms with Crippen molar-refractivity contribution in [2.24, 2.45) is 7.05 Å². The number of halogens is 1. The van der Waals surface area contributed by atoms with E-state index in [9.17, 15) is 12.8 Å². The molecular formula is C28H28FN5O2S2. The van der Waals surface area contributed by atoms with Crippen molar-refractivity contribution >= 4 is 32.3 Å². The van der Waals surface area contributed by atoms with Gasteiger partial charge in [0.05, 0.1) is 27.3 Å². The van der Waals surface area contributed by atoms with E-state index < -0.39 is 15.4 Å². The Morgan fingerprint density at radius 2 is 1.89 bits per heavy atom. The lowest BCUT2D eigenvalue weighted by molar-refractivity contribution is 0.415. The van der Waals surface area contributed by atoms with Crippen LogP contribution in [0.15, 0.2) is 72.1 Å². The van der Waals surface area contributed by atoms with E-state index in [1.807, 2.05) is 31.0 Å². The highest BCUT2D eigenvalue weighted by molar-refractivity contribution is 7.89. The summed E-state index contributed by atoms with van der Waals surface area (Å²) in [5, 5.41) is 6.54. The molecule has 0 amide bonds. The van der Waals surface area contributed by atoms with E-state index in [1.165, 1.54) is 12.1 Å². The molecule has 38 heavy (non-hydrogen) atoms. The number of hydrogen-bond acceptors (Lipinski definition) is 5. The van der Waals surface area contributed by atoms with Crippen LogP contribution in [-0.4, -0.2) is 45.1 Å². The Morgan fingerprint density at radius 1 is 1.11 bits per heavy atom. The number of sulfonamides is 1. The molecule has 1 aliphatic heterocycles. The van der Waals surface area contributed by atoms with E-state index in [-0.39, 0.29) is 5.82 Å². The molecule has 1 aliphatic rings. The lowest BCUT2D eigenvalue weighted by atomic mass is 9.74. The van der Waals surface area contributed by atoms with Crippen molar-refractivity contribution in [3.8, 4) is 5.69 Å². The molecule has 2 aromatic carbocycles. The first-order valence-electron chi connectivity index (χ1n) is 12.4. The number of aromatic nitrogens is 4. The largest absolute Gasteiger partial charge is 0.356 e. The molecule has 0 N–H and O–H groups in total. The zero-order valence-corrected chi connectivity index (χ0v) is 23.1. The summed E-state index contributed by atoms with van der Waals surface area (Å²) >= 11 is 1.66. The molecule has 3 aromatic heterocycles. The zero-order valence-electron chi connectivity index (χ0n) is 21.4. The van der Waals surface area contributed by atoms with Crippen LogP contribution in [0.5, 0.6) is 0 Å². The number of hydrogen-bond donors (Lipinski definition) is 0. The molecule has 1 atom stereocenters. The summed E-state index contributed by atoms with van der Waals surface area (Å²) in [6.45, 7) is 4.90. The Labute approximate surface area is 225 Å². The molecule has 5 aromatic rings. The average molecular weight is 550 g/mol. The second kappa shape index (κ2) is 9.14. The Kier molecular flexibility index (Phi) is 6.01. The molecule has 6 rings (SSSR count). The van der Waals surface area contributed by atoms with Gasteiger partial charge in [-0.3, -0.25) is 0 Å². The molecule has 0 bridgehead atoms. The number of nitrogens with zero attached hydrogens (tertiary/aromatic N) is 5. The Morgan fingerprint density at radius 3 is 2.58 bits per heavy atom. The first-order valence-corrected chi connectivity index (χ1v) is 14.7. The highest BCUT2D eigenvalue weighted by Gasteiger charge is 2.45. The van der Waals surface area contributed by atoms with Crippen LogP contribution in [0.2, 0.25) is 0 Å². The van der Waals surface area contributed by atoms with Crippen molar-refractivity contribution in [2.75, 3.05) is 13.1 Å². The van der Waals surface area contributed by atoms with Gasteiger partial charge in [-0.2, -0.15) is 9.40 Å². The standard InChI is InChI=1S/C28H28FN5O2S2/c1-19-12-27-21(15-31-34(27)23-6-4-22(29)5-7-23)13-26(19)28(14-24-16-30-20(2)37-24)9-11-33(18-28)38(35,36)25-8-10-32(3)17-25/h4-8,10,12-13,15-17H,9,11,14,18H2,1-3H3. The van der Waals surface area contributed by atoms with E-state index in [4.69, 9.17) is 0 Å². The van der Waals surface area contributed by atoms with Crippen LogP contribution in [0.1, 0.15) is 27.4 Å². The molecule has 1 fully saturated rings. The topological polar surface area (TPSA) is 73.0 Å². The fourth-order valence-corrected chi connectivity index (χ4v) is 8.15. The van der Waals surface area contributed by atoms with Crippen LogP contribution in [0.3, 0.4) is 0 Å². The molecule has 0 spiro atoms. The quantitative estimate of drug-likeness (QED) is 0.294. The summed E-state index contributed by atoms with van der Waals surface area (Å²) in [5.74, 6) is -0.292. The van der Waals surface area contributed by atoms with Crippen LogP contribution in [0.25, 0.3) is 16.6 Å². The number of benzene rings is 2. The van der Waals surface area contributed by atoms with Crippen molar-refractivity contribution in [1.29, 1.82) is 0 Å². The Bertz CT molecular complexity index is 1750. The van der Waals surface area contributed by atoms with E-state index in [2.05, 4.69) is 29.1 Å². The average Bonchev–Trinajstić information content (AvgIpc) is 3.67. The first kappa shape index (κ1) is 25.0. The minimum Gasteiger partial charge on any atom is -0.356 e. The highest BCUT2D eigenvalue weighted by atomic mass is 32.2. The summed E-state index contributed by atoms with van der Waals surface area (Å²) in [6, 6.07) is 12.2. The highest BCUT2D eigenvalue weighted by Crippen LogP contribution is 2.43. The van der Waals surface area contributed by atoms with Gasteiger partial charge in [0.1, 0.15) is 5.82 Å². The number of rotatable bonds is 6. The van der Waals surface area contributed by atoms with Crippen molar-refractivity contribution < 1.29 is 12.8 Å². The van der Waals surface area contributed by atoms with E-state index >= 15 is 0 Å². The lowest BCUT2D eigenvalue weighted by Gasteiger charge is -2.31. The zero-order chi connectivity index (χ0) is 26.7. The van der Waals surface area contributed by atoms with Crippen molar-refractivity contribution in [3.05, 3.63) is 94.1 Å². The van der Waals surface area contributed by atoms with Gasteiger partial charge in [-0.1, -0.05) is 0 Å². The molecule has 0 aliphatic carbocycles. The SMILES string of the molecule is Cc1ncc(CC2(c3cc4cnn(-c5ccc(F)cc5)c4cc3C)CCN(S(=O)(=O)c3ccn(C)c3)C2)s1. The minimum atomic E-state index is -3.62. The first-order chi connectivity index (χ1) is 18.1. The third kappa shape index (κ3) is 4.26. The molecule has 196 valence electrons. The molecule has 0 radical (unpaired) electrons. The van der Waals surface area contributed by atoms with Gasteiger partial charge in [0.15, 0.2) is 0 Å². The van der Waals surface area contributed by atoms with Gasteiger partial charge in [0, 0.05) is 54.4 Å². The number of aryl methyl sites for hydroxylation is 3. The predicted molar refractivity (Wildman–Crippen MR) is 147 cm³/mol. The van der Waals surface area contributed by atoms with Crippen molar-refractivity contribution in [1.82, 2.24) is 23.6 Å². The molecule has 7 nitrogen and oxygen atoms in total. The van der Waals surface area contributed by atoms with Crippen LogP contribution < -0.4 is 0 Å². The van der Waals surface area contributed by atoms with E-state index in [0.29, 0.717) is 30.8 Å². The maximum absolute atomic E-state index is 13.6. The molecular weight excluding hydrogens is 521 g/mol. The van der Waals surface area contributed by atoms with Gasteiger partial charge in [0.2, 0.25) is 10.0 Å². The third-order valence-electron chi connectivity index (χ3n) is 7.50. The summed E-state index contributed by atoms with van der Waals surface area (Å²) in [4.78, 5) is 5.92. The van der Waals surface area contributed by atoms with Gasteiger partial charge in [-0.05, 0) is 80.3 Å². The second-order valence-electron chi connectivity index (χ2n) is 10.2. The molecule has 4 heterocycles. The maximum Gasteiger partial charge on any atom is 0.244 e. The number of thiazole rings is 1. The summed E-state index contributed by atoms with van der Waals surface area (Å²) in [5.41, 5.74) is 3.50. The van der Waals surface area contributed by atoms with Crippen LogP contribution in [0, 0.1) is 19.7 Å². The summed E-state index contributed by atoms with van der Waals surface area (Å²) in [7, 11) is -1.80. The maximum atomic E-state index is 13.6. The van der Waals surface area contributed by atoms with Crippen LogP contribution in [0.4, 0.5) is 4.39 Å². The Hall–Kier alpha value is -3.34. The minimum absolute atomic E-state index is 0.292. The molecule has 10 heteroatoms. The Balaban J connectivity index is 1.44. The summed E-state index contributed by atoms with van der Waals surface area (Å²) in [6.07, 6.45) is 8.55. The van der Waals surface area contributed by atoms with Crippen molar-refractivity contribution in [3.63, 3.8) is 0 Å². The van der Waals surface area contributed by atoms with Crippen molar-refractivity contribution in [2.45, 2.75) is 37.0 Å². The fraction of sp³-hybridized carbons (Fsp3) is 0.286. The van der Waals surface area contributed by atoms with Crippen LogP contribution in [-0.2, 0) is 28.9 Å². The number of fused-ring (bicyclic) bond motifs is 1. The van der Waals surface area contributed by atoms with E-state index in [1.54, 1.807) is 50.8 Å². The molecule has 1 saturated heterocycles. The summed E-state index contributed by atoms with van der Waals surface area (Å²) < 4.78 is 45.8. The van der Waals surface area contributed by atoms with Crippen LogP contribution >= 0.6 is 11.3 Å². The monoisotopic (exact) mass is 549 g/mol. The predicted octanol–water partition coefficient (Wildman–Crippen LogP) is 5.15. The molecule has 0 saturated carbocycles. The van der Waals surface area contributed by atoms with Gasteiger partial charge in [0.25, 0.3) is 0 Å². The second-order valence-corrected chi connectivity index (χ2v) is 13.4. The van der Waals surface area contributed by atoms with Gasteiger partial charge < -0.3 is 4.57 Å². The lowest BCUT2D eigenvalue weighted by Crippen LogP contribution is -2.36. The smallest absolute Gasteiger partial charge is 0.244 e. The normalized spacial score (nSPS) is 18.5. The third-order valence-corrected chi connectivity index (χ3v) is 10.2. The van der Waals surface area contributed by atoms with Gasteiger partial charge >= 0.3 is 0 Å². The molecule has 1 unspecified atom stereocenters. The fourth-order valence-electron chi connectivity index (χ4n) is 5.64. The van der Waals surface area contributed by atoms with E-state index in [0.717, 1.165) is 37.6 Å².